The first-order chi connectivity index (χ1) is 10.4. The molecule has 22 heavy (non-hydrogen) atoms. The summed E-state index contributed by atoms with van der Waals surface area (Å²) in [6, 6.07) is 0. The summed E-state index contributed by atoms with van der Waals surface area (Å²) in [6.45, 7) is 4.54. The quantitative estimate of drug-likeness (QED) is 0.642. The Morgan fingerprint density at radius 3 is 2.55 bits per heavy atom. The van der Waals surface area contributed by atoms with Crippen LogP contribution in [0.25, 0.3) is 0 Å². The second-order valence-electron chi connectivity index (χ2n) is 8.57. The van der Waals surface area contributed by atoms with Gasteiger partial charge in [-0.25, -0.2) is 0 Å². The van der Waals surface area contributed by atoms with Crippen molar-refractivity contribution in [3.63, 3.8) is 0 Å². The molecule has 3 nitrogen and oxygen atoms in total. The van der Waals surface area contributed by atoms with Crippen molar-refractivity contribution in [2.24, 2.45) is 22.7 Å². The number of rotatable bonds is 0. The lowest BCUT2D eigenvalue weighted by Crippen LogP contribution is -2.47. The van der Waals surface area contributed by atoms with Crippen LogP contribution in [-0.4, -0.2) is 27.5 Å². The molecule has 3 fully saturated rings. The second-order valence-corrected chi connectivity index (χ2v) is 8.57. The third-order valence-electron chi connectivity index (χ3n) is 7.57. The van der Waals surface area contributed by atoms with Gasteiger partial charge in [0.15, 0.2) is 0 Å². The first-order valence-corrected chi connectivity index (χ1v) is 8.86. The molecule has 0 aromatic heterocycles. The molecule has 0 bridgehead atoms. The Hall–Kier alpha value is -0.800. The van der Waals surface area contributed by atoms with Gasteiger partial charge in [0.2, 0.25) is 0 Å². The van der Waals surface area contributed by atoms with Gasteiger partial charge in [-0.15, -0.1) is 0 Å². The molecular formula is C19H28O3. The van der Waals surface area contributed by atoms with Gasteiger partial charge in [0, 0.05) is 5.41 Å². The summed E-state index contributed by atoms with van der Waals surface area (Å²) in [6.07, 6.45) is 7.99. The zero-order chi connectivity index (χ0) is 15.7. The minimum absolute atomic E-state index is 0.0598. The summed E-state index contributed by atoms with van der Waals surface area (Å²) in [4.78, 5) is 0. The molecule has 0 aromatic rings. The van der Waals surface area contributed by atoms with Crippen LogP contribution in [0.5, 0.6) is 0 Å². The van der Waals surface area contributed by atoms with Gasteiger partial charge in [0.1, 0.15) is 5.76 Å². The Morgan fingerprint density at radius 2 is 1.77 bits per heavy atom. The molecule has 4 aliphatic rings. The van der Waals surface area contributed by atoms with E-state index in [-0.39, 0.29) is 23.0 Å². The van der Waals surface area contributed by atoms with Gasteiger partial charge in [0.05, 0.1) is 12.2 Å². The standard InChI is InChI=1S/C19H28O3/c1-18-7-5-12(20)9-11(18)10-15(21)17-13-3-4-16(22)19(13,2)8-6-14(17)18/h10,12-14,16,20-22H,3-9H2,1-2H3/t12-,13-,14-,16-,18-,19-/m0/s1. The third-order valence-corrected chi connectivity index (χ3v) is 7.57. The summed E-state index contributed by atoms with van der Waals surface area (Å²) < 4.78 is 0. The predicted molar refractivity (Wildman–Crippen MR) is 85.3 cm³/mol. The highest BCUT2D eigenvalue weighted by atomic mass is 16.3. The highest BCUT2D eigenvalue weighted by molar-refractivity contribution is 5.41. The summed E-state index contributed by atoms with van der Waals surface area (Å²) in [5, 5.41) is 31.2. The van der Waals surface area contributed by atoms with Gasteiger partial charge in [-0.2, -0.15) is 0 Å². The molecule has 4 aliphatic carbocycles. The van der Waals surface area contributed by atoms with E-state index in [0.717, 1.165) is 38.5 Å². The van der Waals surface area contributed by atoms with Crippen LogP contribution in [0.2, 0.25) is 0 Å². The first-order valence-electron chi connectivity index (χ1n) is 8.86. The van der Waals surface area contributed by atoms with Gasteiger partial charge >= 0.3 is 0 Å². The molecular weight excluding hydrogens is 276 g/mol. The van der Waals surface area contributed by atoms with E-state index in [1.54, 1.807) is 0 Å². The molecule has 3 saturated carbocycles. The number of fused-ring (bicyclic) bond motifs is 5. The maximum absolute atomic E-state index is 10.7. The van der Waals surface area contributed by atoms with Crippen molar-refractivity contribution >= 4 is 0 Å². The van der Waals surface area contributed by atoms with E-state index >= 15 is 0 Å². The maximum Gasteiger partial charge on any atom is 0.115 e. The van der Waals surface area contributed by atoms with E-state index in [0.29, 0.717) is 24.0 Å². The molecule has 0 radical (unpaired) electrons. The predicted octanol–water partition coefficient (Wildman–Crippen LogP) is 3.48. The molecule has 0 amide bonds. The van der Waals surface area contributed by atoms with E-state index in [4.69, 9.17) is 0 Å². The number of aliphatic hydroxyl groups excluding tert-OH is 3. The van der Waals surface area contributed by atoms with Gasteiger partial charge in [0.25, 0.3) is 0 Å². The maximum atomic E-state index is 10.7. The van der Waals surface area contributed by atoms with Crippen molar-refractivity contribution in [1.29, 1.82) is 0 Å². The number of aliphatic hydroxyl groups is 3. The molecule has 0 heterocycles. The van der Waals surface area contributed by atoms with Gasteiger partial charge in [-0.1, -0.05) is 19.4 Å². The van der Waals surface area contributed by atoms with E-state index in [9.17, 15) is 15.3 Å². The second kappa shape index (κ2) is 4.61. The topological polar surface area (TPSA) is 60.7 Å². The van der Waals surface area contributed by atoms with Crippen LogP contribution in [0.15, 0.2) is 23.0 Å². The molecule has 6 atom stereocenters. The van der Waals surface area contributed by atoms with Crippen LogP contribution >= 0.6 is 0 Å². The van der Waals surface area contributed by atoms with Crippen molar-refractivity contribution in [1.82, 2.24) is 0 Å². The Balaban J connectivity index is 1.80. The summed E-state index contributed by atoms with van der Waals surface area (Å²) in [7, 11) is 0. The van der Waals surface area contributed by atoms with Crippen LogP contribution in [-0.2, 0) is 0 Å². The molecule has 0 aromatic carbocycles. The first kappa shape index (κ1) is 14.8. The summed E-state index contributed by atoms with van der Waals surface area (Å²) in [5.74, 6) is 1.16. The summed E-state index contributed by atoms with van der Waals surface area (Å²) >= 11 is 0. The average molecular weight is 304 g/mol. The fourth-order valence-corrected chi connectivity index (χ4v) is 6.03. The minimum Gasteiger partial charge on any atom is -0.508 e. The van der Waals surface area contributed by atoms with E-state index in [2.05, 4.69) is 13.8 Å². The number of allylic oxidation sites excluding steroid dienone is 2. The molecule has 4 rings (SSSR count). The molecule has 3 N–H and O–H groups in total. The van der Waals surface area contributed by atoms with Crippen molar-refractivity contribution in [3.8, 4) is 0 Å². The lowest BCUT2D eigenvalue weighted by atomic mass is 9.51. The zero-order valence-electron chi connectivity index (χ0n) is 13.7. The molecule has 0 saturated heterocycles. The smallest absolute Gasteiger partial charge is 0.115 e. The number of hydrogen-bond acceptors (Lipinski definition) is 3. The van der Waals surface area contributed by atoms with Gasteiger partial charge in [-0.3, -0.25) is 0 Å². The van der Waals surface area contributed by atoms with E-state index in [1.165, 1.54) is 11.1 Å². The molecule has 0 aliphatic heterocycles. The van der Waals surface area contributed by atoms with Gasteiger partial charge in [-0.05, 0) is 73.8 Å². The monoisotopic (exact) mass is 304 g/mol. The molecule has 0 spiro atoms. The SMILES string of the molecule is C[C@]12CC[C@H]3C(=C(O)C=C4C[C@@H](O)CC[C@@]43C)[C@@H]1CC[C@@H]2O. The molecule has 3 heteroatoms. The van der Waals surface area contributed by atoms with Crippen LogP contribution in [0.1, 0.15) is 58.8 Å². The zero-order valence-corrected chi connectivity index (χ0v) is 13.7. The van der Waals surface area contributed by atoms with Crippen LogP contribution in [0.4, 0.5) is 0 Å². The lowest BCUT2D eigenvalue weighted by molar-refractivity contribution is -0.00167. The summed E-state index contributed by atoms with van der Waals surface area (Å²) in [5.41, 5.74) is 2.48. The van der Waals surface area contributed by atoms with E-state index in [1.807, 2.05) is 6.08 Å². The Bertz CT molecular complexity index is 563. The molecule has 0 unspecified atom stereocenters. The Kier molecular flexibility index (Phi) is 3.09. The lowest BCUT2D eigenvalue weighted by Gasteiger charge is -2.54. The Labute approximate surface area is 132 Å². The van der Waals surface area contributed by atoms with Crippen LogP contribution in [0.3, 0.4) is 0 Å². The highest BCUT2D eigenvalue weighted by Gasteiger charge is 2.57. The fourth-order valence-electron chi connectivity index (χ4n) is 6.03. The fraction of sp³-hybridized carbons (Fsp3) is 0.789. The van der Waals surface area contributed by atoms with Crippen molar-refractivity contribution in [2.45, 2.75) is 71.0 Å². The van der Waals surface area contributed by atoms with E-state index < -0.39 is 0 Å². The van der Waals surface area contributed by atoms with Crippen molar-refractivity contribution in [2.75, 3.05) is 0 Å². The normalized spacial score (nSPS) is 51.0. The molecule has 122 valence electrons. The van der Waals surface area contributed by atoms with Crippen molar-refractivity contribution < 1.29 is 15.3 Å². The third kappa shape index (κ3) is 1.75. The number of hydrogen-bond donors (Lipinski definition) is 3. The van der Waals surface area contributed by atoms with Crippen molar-refractivity contribution in [3.05, 3.63) is 23.0 Å². The van der Waals surface area contributed by atoms with Crippen LogP contribution in [0, 0.1) is 22.7 Å². The highest BCUT2D eigenvalue weighted by Crippen LogP contribution is 2.64. The average Bonchev–Trinajstić information content (AvgIpc) is 2.77. The van der Waals surface area contributed by atoms with Crippen LogP contribution < -0.4 is 0 Å². The minimum atomic E-state index is -0.254. The Morgan fingerprint density at radius 1 is 1.00 bits per heavy atom. The largest absolute Gasteiger partial charge is 0.508 e. The van der Waals surface area contributed by atoms with Gasteiger partial charge < -0.3 is 15.3 Å².